The summed E-state index contributed by atoms with van der Waals surface area (Å²) in [6.07, 6.45) is -4.66. The van der Waals surface area contributed by atoms with Gasteiger partial charge in [-0.15, -0.1) is 0 Å². The number of nitrogens with one attached hydrogen (secondary N) is 2. The van der Waals surface area contributed by atoms with Crippen LogP contribution in [0, 0.1) is 23.4 Å². The molecule has 0 aromatic heterocycles. The number of anilines is 1. The van der Waals surface area contributed by atoms with Crippen LogP contribution in [0.25, 0.3) is 0 Å². The molecule has 3 atom stereocenters. The van der Waals surface area contributed by atoms with E-state index in [2.05, 4.69) is 5.32 Å². The fraction of sp³-hybridized carbons (Fsp3) is 0.471. The molecule has 1 aliphatic rings. The van der Waals surface area contributed by atoms with Gasteiger partial charge in [-0.1, -0.05) is 0 Å². The number of hydrogen-bond donors (Lipinski definition) is 2. The third-order valence-corrected chi connectivity index (χ3v) is 4.64. The molecule has 2 N–H and O–H groups in total. The van der Waals surface area contributed by atoms with E-state index >= 15 is 0 Å². The van der Waals surface area contributed by atoms with Crippen LogP contribution in [0.1, 0.15) is 20.3 Å². The molecule has 29 heavy (non-hydrogen) atoms. The number of carbonyl (C=O) groups is 3. The largest absolute Gasteiger partial charge is 0.408 e. The average Bonchev–Trinajstić information content (AvgIpc) is 2.99. The number of likely N-dealkylation sites (tertiary alicyclic amines) is 1. The maximum Gasteiger partial charge on any atom is 0.408 e. The van der Waals surface area contributed by atoms with E-state index in [9.17, 15) is 40.7 Å². The minimum absolute atomic E-state index is 0.0625. The van der Waals surface area contributed by atoms with Gasteiger partial charge in [0.15, 0.2) is 17.5 Å². The van der Waals surface area contributed by atoms with Crippen LogP contribution >= 0.6 is 0 Å². The first kappa shape index (κ1) is 22.5. The molecule has 1 aromatic carbocycles. The predicted molar refractivity (Wildman–Crippen MR) is 87.9 cm³/mol. The summed E-state index contributed by atoms with van der Waals surface area (Å²) in [7, 11) is 0. The lowest BCUT2D eigenvalue weighted by Crippen LogP contribution is -2.51. The van der Waals surface area contributed by atoms with Gasteiger partial charge in [0.25, 0.3) is 0 Å². The second kappa shape index (κ2) is 8.29. The third kappa shape index (κ3) is 4.98. The van der Waals surface area contributed by atoms with Crippen molar-refractivity contribution in [2.24, 2.45) is 5.92 Å². The highest BCUT2D eigenvalue weighted by Gasteiger charge is 2.42. The minimum Gasteiger partial charge on any atom is -0.336 e. The van der Waals surface area contributed by atoms with Crippen molar-refractivity contribution < 1.29 is 40.7 Å². The van der Waals surface area contributed by atoms with Crippen molar-refractivity contribution in [3.05, 3.63) is 29.6 Å². The Morgan fingerprint density at radius 2 is 1.69 bits per heavy atom. The number of amides is 3. The standard InChI is InChI=1S/C17H17F6N3O3/c1-7-10(14(27)25-9-5-11(18)13(20)12(19)6-9)3-4-26(7)16(29)15(28)24-8(2)17(21,22)23/h5-8,10H,3-4H2,1-2H3,(H,24,28)(H,25,27)/t7-,8+,10+/m0/s1. The number of carbonyl (C=O) groups excluding carboxylic acids is 3. The zero-order chi connectivity index (χ0) is 22.1. The van der Waals surface area contributed by atoms with Crippen LogP contribution in [-0.4, -0.2) is 47.4 Å². The first-order valence-corrected chi connectivity index (χ1v) is 8.46. The average molecular weight is 425 g/mol. The first-order chi connectivity index (χ1) is 13.3. The normalized spacial score (nSPS) is 20.3. The Hall–Kier alpha value is -2.79. The van der Waals surface area contributed by atoms with Gasteiger partial charge in [-0.2, -0.15) is 13.2 Å². The van der Waals surface area contributed by atoms with Crippen molar-refractivity contribution in [1.29, 1.82) is 0 Å². The van der Waals surface area contributed by atoms with Gasteiger partial charge < -0.3 is 15.5 Å². The molecule has 0 spiro atoms. The van der Waals surface area contributed by atoms with Crippen LogP contribution in [0.4, 0.5) is 32.0 Å². The molecule has 6 nitrogen and oxygen atoms in total. The third-order valence-electron chi connectivity index (χ3n) is 4.64. The summed E-state index contributed by atoms with van der Waals surface area (Å²) in [5.41, 5.74) is -0.347. The van der Waals surface area contributed by atoms with Crippen molar-refractivity contribution in [1.82, 2.24) is 10.2 Å². The molecule has 1 fully saturated rings. The van der Waals surface area contributed by atoms with Gasteiger partial charge >= 0.3 is 18.0 Å². The number of alkyl halides is 3. The highest BCUT2D eigenvalue weighted by molar-refractivity contribution is 6.35. The molecular weight excluding hydrogens is 408 g/mol. The van der Waals surface area contributed by atoms with Crippen molar-refractivity contribution in [3.8, 4) is 0 Å². The lowest BCUT2D eigenvalue weighted by molar-refractivity contribution is -0.162. The molecule has 0 unspecified atom stereocenters. The highest BCUT2D eigenvalue weighted by atomic mass is 19.4. The second-order valence-electron chi connectivity index (χ2n) is 6.61. The summed E-state index contributed by atoms with van der Waals surface area (Å²) in [5.74, 6) is -9.06. The Kier molecular flexibility index (Phi) is 6.43. The van der Waals surface area contributed by atoms with Crippen LogP contribution in [0.5, 0.6) is 0 Å². The molecule has 2 rings (SSSR count). The Morgan fingerprint density at radius 1 is 1.14 bits per heavy atom. The number of halogens is 6. The Morgan fingerprint density at radius 3 is 2.21 bits per heavy atom. The van der Waals surface area contributed by atoms with Gasteiger partial charge in [0.05, 0.1) is 5.92 Å². The van der Waals surface area contributed by atoms with Crippen LogP contribution in [-0.2, 0) is 14.4 Å². The van der Waals surface area contributed by atoms with Crippen LogP contribution < -0.4 is 10.6 Å². The van der Waals surface area contributed by atoms with E-state index < -0.39 is 59.4 Å². The first-order valence-electron chi connectivity index (χ1n) is 8.46. The molecule has 0 aliphatic carbocycles. The lowest BCUT2D eigenvalue weighted by atomic mass is 10.0. The van der Waals surface area contributed by atoms with Gasteiger partial charge in [0, 0.05) is 30.4 Å². The summed E-state index contributed by atoms with van der Waals surface area (Å²) in [5, 5.41) is 3.74. The van der Waals surface area contributed by atoms with E-state index in [4.69, 9.17) is 0 Å². The monoisotopic (exact) mass is 425 g/mol. The summed E-state index contributed by atoms with van der Waals surface area (Å²) in [6.45, 7) is 2.00. The van der Waals surface area contributed by atoms with E-state index in [1.807, 2.05) is 0 Å². The molecule has 1 aromatic rings. The smallest absolute Gasteiger partial charge is 0.336 e. The highest BCUT2D eigenvalue weighted by Crippen LogP contribution is 2.27. The quantitative estimate of drug-likeness (QED) is 0.444. The predicted octanol–water partition coefficient (Wildman–Crippen LogP) is 2.35. The summed E-state index contributed by atoms with van der Waals surface area (Å²) >= 11 is 0. The topological polar surface area (TPSA) is 78.5 Å². The maximum absolute atomic E-state index is 13.2. The van der Waals surface area contributed by atoms with Gasteiger partial charge in [-0.3, -0.25) is 14.4 Å². The SMILES string of the molecule is C[C@H]1[C@H](C(=O)Nc2cc(F)c(F)c(F)c2)CCN1C(=O)C(=O)N[C@H](C)C(F)(F)F. The Balaban J connectivity index is 2.03. The van der Waals surface area contributed by atoms with Gasteiger partial charge in [0.1, 0.15) is 6.04 Å². The van der Waals surface area contributed by atoms with Crippen LogP contribution in [0.15, 0.2) is 12.1 Å². The lowest BCUT2D eigenvalue weighted by Gasteiger charge is -2.25. The fourth-order valence-corrected chi connectivity index (χ4v) is 2.91. The van der Waals surface area contributed by atoms with E-state index in [1.165, 1.54) is 6.92 Å². The number of benzene rings is 1. The van der Waals surface area contributed by atoms with Gasteiger partial charge in [-0.25, -0.2) is 13.2 Å². The zero-order valence-electron chi connectivity index (χ0n) is 15.2. The summed E-state index contributed by atoms with van der Waals surface area (Å²) in [4.78, 5) is 37.2. The Labute approximate surface area is 161 Å². The summed E-state index contributed by atoms with van der Waals surface area (Å²) in [6, 6.07) is -1.96. The van der Waals surface area contributed by atoms with Gasteiger partial charge in [-0.05, 0) is 20.3 Å². The molecule has 1 saturated heterocycles. The van der Waals surface area contributed by atoms with Crippen molar-refractivity contribution in [2.75, 3.05) is 11.9 Å². The van der Waals surface area contributed by atoms with E-state index in [0.29, 0.717) is 19.1 Å². The van der Waals surface area contributed by atoms with E-state index in [0.717, 1.165) is 4.90 Å². The van der Waals surface area contributed by atoms with E-state index in [1.54, 1.807) is 5.32 Å². The number of nitrogens with zero attached hydrogens (tertiary/aromatic N) is 1. The fourth-order valence-electron chi connectivity index (χ4n) is 2.91. The van der Waals surface area contributed by atoms with Gasteiger partial charge in [0.2, 0.25) is 5.91 Å². The molecule has 0 bridgehead atoms. The van der Waals surface area contributed by atoms with Crippen molar-refractivity contribution in [3.63, 3.8) is 0 Å². The van der Waals surface area contributed by atoms with Crippen molar-refractivity contribution >= 4 is 23.4 Å². The molecular formula is C17H17F6N3O3. The molecule has 160 valence electrons. The molecule has 1 heterocycles. The number of rotatable bonds is 3. The molecule has 3 amide bonds. The Bertz CT molecular complexity index is 806. The zero-order valence-corrected chi connectivity index (χ0v) is 15.2. The minimum atomic E-state index is -4.73. The van der Waals surface area contributed by atoms with Crippen LogP contribution in [0.3, 0.4) is 0 Å². The number of hydrogen-bond acceptors (Lipinski definition) is 3. The van der Waals surface area contributed by atoms with Crippen molar-refractivity contribution in [2.45, 2.75) is 38.5 Å². The molecule has 12 heteroatoms. The molecule has 0 saturated carbocycles. The second-order valence-corrected chi connectivity index (χ2v) is 6.61. The molecule has 0 radical (unpaired) electrons. The van der Waals surface area contributed by atoms with Crippen LogP contribution in [0.2, 0.25) is 0 Å². The maximum atomic E-state index is 13.2. The van der Waals surface area contributed by atoms with E-state index in [-0.39, 0.29) is 18.7 Å². The molecule has 1 aliphatic heterocycles. The summed E-state index contributed by atoms with van der Waals surface area (Å²) < 4.78 is 77.0.